The lowest BCUT2D eigenvalue weighted by Crippen LogP contribution is -2.56. The predicted octanol–water partition coefficient (Wildman–Crippen LogP) is 6.20. The number of fused-ring (bicyclic) bond motifs is 3. The van der Waals surface area contributed by atoms with Crippen molar-refractivity contribution in [1.82, 2.24) is 15.5 Å². The van der Waals surface area contributed by atoms with Crippen molar-refractivity contribution in [3.63, 3.8) is 0 Å². The van der Waals surface area contributed by atoms with Crippen molar-refractivity contribution in [2.75, 3.05) is 38.9 Å². The first-order valence-corrected chi connectivity index (χ1v) is 22.8. The fourth-order valence-electron chi connectivity index (χ4n) is 10.1. The average molecular weight is 945 g/mol. The topological polar surface area (TPSA) is 190 Å². The van der Waals surface area contributed by atoms with Gasteiger partial charge in [0.25, 0.3) is 0 Å². The summed E-state index contributed by atoms with van der Waals surface area (Å²) >= 11 is 0. The number of carbonyl (C=O) groups is 6. The molecule has 70 heavy (non-hydrogen) atoms. The van der Waals surface area contributed by atoms with Crippen molar-refractivity contribution < 1.29 is 52.8 Å². The Bertz CT molecular complexity index is 2830. The Labute approximate surface area is 405 Å². The van der Waals surface area contributed by atoms with Crippen LogP contribution in [-0.2, 0) is 43.6 Å². The summed E-state index contributed by atoms with van der Waals surface area (Å²) in [7, 11) is 2.29. The summed E-state index contributed by atoms with van der Waals surface area (Å²) in [5.74, 6) is -0.670. The zero-order valence-electron chi connectivity index (χ0n) is 38.8. The fourth-order valence-corrected chi connectivity index (χ4v) is 10.1. The molecule has 0 aliphatic carbocycles. The third kappa shape index (κ3) is 8.90. The molecule has 15 nitrogen and oxygen atoms in total. The maximum atomic E-state index is 16.5. The molecule has 3 aliphatic heterocycles. The van der Waals surface area contributed by atoms with Crippen LogP contribution < -0.4 is 20.3 Å². The summed E-state index contributed by atoms with van der Waals surface area (Å²) in [4.78, 5) is 90.5. The Hall–Kier alpha value is -8.06. The van der Waals surface area contributed by atoms with E-state index in [1.807, 2.05) is 95.9 Å². The predicted molar refractivity (Wildman–Crippen MR) is 257 cm³/mol. The van der Waals surface area contributed by atoms with E-state index in [1.54, 1.807) is 49.4 Å². The molecule has 2 fully saturated rings. The van der Waals surface area contributed by atoms with Crippen LogP contribution >= 0.6 is 0 Å². The van der Waals surface area contributed by atoms with Gasteiger partial charge in [0.15, 0.2) is 5.92 Å². The first kappa shape index (κ1) is 48.4. The largest absolute Gasteiger partial charge is 0.491 e. The lowest BCUT2D eigenvalue weighted by Gasteiger charge is -2.46. The molecule has 1 spiro atoms. The van der Waals surface area contributed by atoms with Gasteiger partial charge in [-0.15, -0.1) is 6.58 Å². The number of aliphatic hydroxyl groups is 1. The van der Waals surface area contributed by atoms with Crippen LogP contribution in [0, 0.1) is 23.7 Å². The molecule has 3 N–H and O–H groups in total. The second kappa shape index (κ2) is 21.1. The second-order valence-corrected chi connectivity index (χ2v) is 17.0. The molecule has 0 bridgehead atoms. The number of methoxy groups -OCH3 is 2. The number of imide groups is 1. The first-order valence-electron chi connectivity index (χ1n) is 22.8. The van der Waals surface area contributed by atoms with Crippen LogP contribution in [0.5, 0.6) is 5.75 Å². The number of esters is 3. The number of hydrogen-bond acceptors (Lipinski definition) is 12. The Morgan fingerprint density at radius 1 is 0.829 bits per heavy atom. The third-order valence-corrected chi connectivity index (χ3v) is 13.0. The van der Waals surface area contributed by atoms with Gasteiger partial charge in [0.2, 0.25) is 11.8 Å². The number of amides is 4. The highest BCUT2D eigenvalue weighted by Crippen LogP contribution is 2.66. The number of rotatable bonds is 14. The molecule has 358 valence electrons. The highest BCUT2D eigenvalue weighted by atomic mass is 16.6. The number of cyclic esters (lactones) is 1. The van der Waals surface area contributed by atoms with Crippen molar-refractivity contribution >= 4 is 41.4 Å². The summed E-state index contributed by atoms with van der Waals surface area (Å²) in [6.45, 7) is 5.21. The van der Waals surface area contributed by atoms with Crippen LogP contribution in [0.4, 0.5) is 10.5 Å². The van der Waals surface area contributed by atoms with Crippen molar-refractivity contribution in [1.29, 1.82) is 0 Å². The lowest BCUT2D eigenvalue weighted by atomic mass is 9.65. The molecule has 3 heterocycles. The number of ether oxygens (including phenoxy) is 4. The number of benzene rings is 5. The van der Waals surface area contributed by atoms with Gasteiger partial charge in [-0.05, 0) is 65.1 Å². The number of hydrogen-bond donors (Lipinski definition) is 3. The van der Waals surface area contributed by atoms with Crippen molar-refractivity contribution in [2.24, 2.45) is 11.8 Å². The van der Waals surface area contributed by atoms with E-state index >= 15 is 19.2 Å². The summed E-state index contributed by atoms with van der Waals surface area (Å²) in [6.07, 6.45) is 0.226. The molecule has 4 amide bonds. The van der Waals surface area contributed by atoms with E-state index in [-0.39, 0.29) is 43.0 Å². The number of carbonyl (C=O) groups excluding carboxylic acids is 6. The quantitative estimate of drug-likeness (QED) is 0.0377. The van der Waals surface area contributed by atoms with E-state index in [0.29, 0.717) is 22.4 Å². The number of nitrogens with zero attached hydrogens (tertiary/aromatic N) is 2. The Morgan fingerprint density at radius 2 is 1.47 bits per heavy atom. The summed E-state index contributed by atoms with van der Waals surface area (Å²) < 4.78 is 22.2. The van der Waals surface area contributed by atoms with Gasteiger partial charge in [0.05, 0.1) is 50.6 Å². The normalized spacial score (nSPS) is 21.6. The molecule has 5 aromatic carbocycles. The Kier molecular flexibility index (Phi) is 14.6. The molecule has 3 aliphatic rings. The molecular weight excluding hydrogens is 893 g/mol. The molecule has 15 heteroatoms. The van der Waals surface area contributed by atoms with E-state index in [9.17, 15) is 14.7 Å². The molecule has 7 atom stereocenters. The molecule has 0 aromatic heterocycles. The van der Waals surface area contributed by atoms with Crippen molar-refractivity contribution in [3.8, 4) is 17.6 Å². The fraction of sp³-hybridized carbons (Fsp3) is 0.273. The van der Waals surface area contributed by atoms with E-state index in [0.717, 1.165) is 24.7 Å². The number of urea groups is 1. The van der Waals surface area contributed by atoms with Gasteiger partial charge in [-0.1, -0.05) is 121 Å². The van der Waals surface area contributed by atoms with Crippen LogP contribution in [0.15, 0.2) is 146 Å². The molecule has 5 aromatic rings. The highest BCUT2D eigenvalue weighted by molar-refractivity contribution is 6.24. The first-order chi connectivity index (χ1) is 34.0. The minimum Gasteiger partial charge on any atom is -0.491 e. The van der Waals surface area contributed by atoms with E-state index < -0.39 is 83.3 Å². The molecule has 8 rings (SSSR count). The summed E-state index contributed by atoms with van der Waals surface area (Å²) in [5.41, 5.74) is 1.05. The van der Waals surface area contributed by atoms with Crippen LogP contribution in [0.1, 0.15) is 71.0 Å². The second-order valence-electron chi connectivity index (χ2n) is 17.0. The third-order valence-electron chi connectivity index (χ3n) is 13.0. The maximum Gasteiger partial charge on any atom is 0.329 e. The van der Waals surface area contributed by atoms with Crippen molar-refractivity contribution in [2.45, 2.75) is 49.0 Å². The van der Waals surface area contributed by atoms with Gasteiger partial charge < -0.3 is 34.7 Å². The number of aliphatic hydroxyl groups excluding tert-OH is 1. The van der Waals surface area contributed by atoms with Crippen LogP contribution in [-0.4, -0.2) is 85.8 Å². The van der Waals surface area contributed by atoms with Crippen LogP contribution in [0.25, 0.3) is 0 Å². The zero-order chi connectivity index (χ0) is 49.5. The maximum absolute atomic E-state index is 16.5. The monoisotopic (exact) mass is 944 g/mol. The number of morpholine rings is 1. The van der Waals surface area contributed by atoms with E-state index in [1.165, 1.54) is 6.08 Å². The minimum atomic E-state index is -2.12. The highest BCUT2D eigenvalue weighted by Gasteiger charge is 2.75. The van der Waals surface area contributed by atoms with E-state index in [2.05, 4.69) is 29.1 Å². The van der Waals surface area contributed by atoms with Gasteiger partial charge in [-0.25, -0.2) is 9.69 Å². The Balaban J connectivity index is 1.43. The molecule has 0 radical (unpaired) electrons. The smallest absolute Gasteiger partial charge is 0.329 e. The average Bonchev–Trinajstić information content (AvgIpc) is 3.85. The van der Waals surface area contributed by atoms with E-state index in [4.69, 9.17) is 18.9 Å². The lowest BCUT2D eigenvalue weighted by molar-refractivity contribution is -0.178. The molecule has 0 unspecified atom stereocenters. The van der Waals surface area contributed by atoms with Crippen LogP contribution in [0.3, 0.4) is 0 Å². The summed E-state index contributed by atoms with van der Waals surface area (Å²) in [6, 6.07) is 34.5. The minimum absolute atomic E-state index is 0.0377. The van der Waals surface area contributed by atoms with Gasteiger partial charge in [-0.2, -0.15) is 0 Å². The SMILES string of the molecule is C=CCNC(=O)[C@H]1[C@@H]2C(=O)O[C@@H](c3ccccc3)[C@@H](c3ccccc3)N2[C@@H](c2cccc(OCCO)c2)[C@]12C(=O)N(C(=O)N[C@H](C)c1ccccc1)c1ccc(C#CCC(C(=O)OC)C(=O)OC)cc12. The zero-order valence-corrected chi connectivity index (χ0v) is 38.8. The van der Waals surface area contributed by atoms with Gasteiger partial charge in [0, 0.05) is 18.5 Å². The van der Waals surface area contributed by atoms with Gasteiger partial charge in [-0.3, -0.25) is 28.9 Å². The standard InChI is InChI=1S/C55H52N4O11/c1-5-29-56-49(61)44-46-52(64)70-47(38-22-13-8-14-23-38)45(37-20-11-7-12-21-37)59(46)48(39-24-16-25-40(33-39)69-31-30-60)55(44)42-32-35(17-15-26-41(50(62)67-3)51(63)68-4)27-28-43(42)58(53(55)65)54(66)57-34(2)36-18-9-6-10-19-36/h5-14,16,18-25,27-28,32-34,41,44-48,60H,1,26,29-31H2,2-4H3,(H,56,61)(H,57,66)/t34-,44-,45-,46-,47+,48+,55-/m1/s1. The number of anilines is 1. The Morgan fingerprint density at radius 3 is 2.11 bits per heavy atom. The van der Waals surface area contributed by atoms with Crippen molar-refractivity contribution in [3.05, 3.63) is 179 Å². The number of nitrogens with one attached hydrogen (secondary N) is 2. The molecule has 0 saturated carbocycles. The molecular formula is C55H52N4O11. The van der Waals surface area contributed by atoms with Gasteiger partial charge >= 0.3 is 23.9 Å². The van der Waals surface area contributed by atoms with Crippen LogP contribution in [0.2, 0.25) is 0 Å². The summed E-state index contributed by atoms with van der Waals surface area (Å²) in [5, 5.41) is 15.7. The van der Waals surface area contributed by atoms with Gasteiger partial charge in [0.1, 0.15) is 29.9 Å². The molecule has 2 saturated heterocycles.